The largest absolute Gasteiger partial charge is 0.396 e. The van der Waals surface area contributed by atoms with Crippen molar-refractivity contribution in [3.05, 3.63) is 29.0 Å². The van der Waals surface area contributed by atoms with Crippen LogP contribution in [0.3, 0.4) is 0 Å². The molecule has 1 aromatic heterocycles. The molecule has 0 atom stereocenters. The van der Waals surface area contributed by atoms with Gasteiger partial charge in [0.2, 0.25) is 0 Å². The van der Waals surface area contributed by atoms with Gasteiger partial charge in [0, 0.05) is 24.6 Å². The van der Waals surface area contributed by atoms with Crippen LogP contribution >= 0.6 is 11.6 Å². The molecule has 0 amide bonds. The Kier molecular flexibility index (Phi) is 4.44. The van der Waals surface area contributed by atoms with Crippen LogP contribution in [0.25, 0.3) is 0 Å². The second-order valence-electron chi connectivity index (χ2n) is 4.24. The van der Waals surface area contributed by atoms with Gasteiger partial charge in [0.25, 0.3) is 0 Å². The number of Topliss-reactive ketones (excluding diaryl/α,β-unsaturated/α-hetero) is 1. The first-order valence-corrected chi connectivity index (χ1v) is 5.62. The molecule has 1 rings (SSSR count). The highest BCUT2D eigenvalue weighted by Crippen LogP contribution is 2.26. The molecule has 1 heterocycles. The Morgan fingerprint density at radius 1 is 1.50 bits per heavy atom. The average Bonchev–Trinajstić information content (AvgIpc) is 2.26. The van der Waals surface area contributed by atoms with E-state index in [1.54, 1.807) is 12.3 Å². The van der Waals surface area contributed by atoms with Gasteiger partial charge in [-0.2, -0.15) is 0 Å². The summed E-state index contributed by atoms with van der Waals surface area (Å²) in [7, 11) is 0. The third-order valence-corrected chi connectivity index (χ3v) is 2.93. The first-order chi connectivity index (χ1) is 7.48. The van der Waals surface area contributed by atoms with Gasteiger partial charge in [0.15, 0.2) is 0 Å². The van der Waals surface area contributed by atoms with Crippen molar-refractivity contribution in [1.29, 1.82) is 0 Å². The molecule has 0 aromatic carbocycles. The Balaban J connectivity index is 2.83. The maximum Gasteiger partial charge on any atom is 0.142 e. The van der Waals surface area contributed by atoms with E-state index in [1.807, 2.05) is 19.9 Å². The molecule has 0 bridgehead atoms. The van der Waals surface area contributed by atoms with Crippen molar-refractivity contribution in [2.45, 2.75) is 32.1 Å². The quantitative estimate of drug-likeness (QED) is 0.806. The second kappa shape index (κ2) is 5.41. The molecule has 1 aromatic rings. The van der Waals surface area contributed by atoms with E-state index in [4.69, 9.17) is 16.7 Å². The number of hydrogen-bond acceptors (Lipinski definition) is 3. The molecule has 88 valence electrons. The van der Waals surface area contributed by atoms with Crippen LogP contribution in [0, 0.1) is 0 Å². The van der Waals surface area contributed by atoms with Gasteiger partial charge in [-0.3, -0.25) is 4.79 Å². The lowest BCUT2D eigenvalue weighted by Gasteiger charge is -2.23. The van der Waals surface area contributed by atoms with Crippen LogP contribution in [-0.2, 0) is 10.2 Å². The molecule has 0 spiro atoms. The lowest BCUT2D eigenvalue weighted by atomic mass is 9.80. The van der Waals surface area contributed by atoms with Crippen molar-refractivity contribution < 1.29 is 9.90 Å². The van der Waals surface area contributed by atoms with Crippen LogP contribution in [-0.4, -0.2) is 22.5 Å². The Hall–Kier alpha value is -0.930. The normalized spacial score (nSPS) is 11.5. The van der Waals surface area contributed by atoms with E-state index in [2.05, 4.69) is 4.98 Å². The van der Waals surface area contributed by atoms with Crippen molar-refractivity contribution in [3.8, 4) is 0 Å². The summed E-state index contributed by atoms with van der Waals surface area (Å²) in [6.07, 6.45) is 2.51. The lowest BCUT2D eigenvalue weighted by molar-refractivity contribution is -0.123. The Labute approximate surface area is 100 Å². The Morgan fingerprint density at radius 2 is 2.19 bits per heavy atom. The molecule has 16 heavy (non-hydrogen) atoms. The molecule has 4 heteroatoms. The molecule has 3 nitrogen and oxygen atoms in total. The van der Waals surface area contributed by atoms with Crippen LogP contribution in [0.5, 0.6) is 0 Å². The van der Waals surface area contributed by atoms with Gasteiger partial charge in [-0.25, -0.2) is 4.98 Å². The van der Waals surface area contributed by atoms with Crippen LogP contribution in [0.15, 0.2) is 18.3 Å². The predicted molar refractivity (Wildman–Crippen MR) is 63.6 cm³/mol. The zero-order valence-corrected chi connectivity index (χ0v) is 10.3. The van der Waals surface area contributed by atoms with E-state index in [0.29, 0.717) is 18.0 Å². The summed E-state index contributed by atoms with van der Waals surface area (Å²) in [4.78, 5) is 15.9. The molecule has 0 saturated heterocycles. The number of ketones is 1. The van der Waals surface area contributed by atoms with Crippen molar-refractivity contribution >= 4 is 17.4 Å². The van der Waals surface area contributed by atoms with Crippen molar-refractivity contribution in [2.24, 2.45) is 0 Å². The summed E-state index contributed by atoms with van der Waals surface area (Å²) in [5, 5.41) is 9.12. The summed E-state index contributed by atoms with van der Waals surface area (Å²) in [6.45, 7) is 3.76. The summed E-state index contributed by atoms with van der Waals surface area (Å²) in [5.74, 6) is 0.102. The van der Waals surface area contributed by atoms with E-state index in [1.165, 1.54) is 0 Å². The molecule has 0 unspecified atom stereocenters. The molecule has 0 aliphatic rings. The lowest BCUT2D eigenvalue weighted by Crippen LogP contribution is -2.29. The van der Waals surface area contributed by atoms with E-state index in [0.717, 1.165) is 5.56 Å². The number of pyridine rings is 1. The highest BCUT2D eigenvalue weighted by molar-refractivity contribution is 6.29. The number of nitrogens with zero attached hydrogens (tertiary/aromatic N) is 1. The van der Waals surface area contributed by atoms with Gasteiger partial charge in [0.1, 0.15) is 10.9 Å². The van der Waals surface area contributed by atoms with Crippen molar-refractivity contribution in [1.82, 2.24) is 4.98 Å². The molecular formula is C12H16ClNO2. The highest BCUT2D eigenvalue weighted by Gasteiger charge is 2.28. The van der Waals surface area contributed by atoms with Crippen LogP contribution in [0.2, 0.25) is 5.15 Å². The topological polar surface area (TPSA) is 50.2 Å². The number of carbonyl (C=O) groups is 1. The predicted octanol–water partition coefficient (Wildman–Crippen LogP) is 2.35. The molecule has 0 fully saturated rings. The van der Waals surface area contributed by atoms with Gasteiger partial charge in [-0.15, -0.1) is 0 Å². The summed E-state index contributed by atoms with van der Waals surface area (Å²) < 4.78 is 0. The Bertz CT molecular complexity index is 360. The van der Waals surface area contributed by atoms with E-state index >= 15 is 0 Å². The maximum absolute atomic E-state index is 11.9. The maximum atomic E-state index is 11.9. The summed E-state index contributed by atoms with van der Waals surface area (Å²) in [6, 6.07) is 3.49. The standard InChI is InChI=1S/C12H16ClNO2/c1-12(2,10(16)4-3-7-15)9-5-6-11(13)14-8-9/h5-6,8,15H,3-4,7H2,1-2H3. The number of rotatable bonds is 5. The summed E-state index contributed by atoms with van der Waals surface area (Å²) >= 11 is 5.70. The number of halogens is 1. The van der Waals surface area contributed by atoms with E-state index in [9.17, 15) is 4.79 Å². The highest BCUT2D eigenvalue weighted by atomic mass is 35.5. The molecular weight excluding hydrogens is 226 g/mol. The van der Waals surface area contributed by atoms with Crippen molar-refractivity contribution in [3.63, 3.8) is 0 Å². The van der Waals surface area contributed by atoms with Crippen molar-refractivity contribution in [2.75, 3.05) is 6.61 Å². The smallest absolute Gasteiger partial charge is 0.142 e. The molecule has 0 aliphatic carbocycles. The number of aromatic nitrogens is 1. The third-order valence-electron chi connectivity index (χ3n) is 2.71. The van der Waals surface area contributed by atoms with Crippen LogP contribution in [0.4, 0.5) is 0 Å². The zero-order valence-electron chi connectivity index (χ0n) is 9.53. The fourth-order valence-electron chi connectivity index (χ4n) is 1.46. The fraction of sp³-hybridized carbons (Fsp3) is 0.500. The first kappa shape index (κ1) is 13.1. The number of carbonyl (C=O) groups excluding carboxylic acids is 1. The third kappa shape index (κ3) is 3.03. The van der Waals surface area contributed by atoms with Crippen LogP contribution in [0.1, 0.15) is 32.3 Å². The first-order valence-electron chi connectivity index (χ1n) is 5.24. The van der Waals surface area contributed by atoms with E-state index < -0.39 is 5.41 Å². The fourth-order valence-corrected chi connectivity index (χ4v) is 1.57. The Morgan fingerprint density at radius 3 is 2.69 bits per heavy atom. The molecule has 1 N–H and O–H groups in total. The molecule has 0 saturated carbocycles. The minimum absolute atomic E-state index is 0.0423. The number of aliphatic hydroxyl groups excluding tert-OH is 1. The van der Waals surface area contributed by atoms with Gasteiger partial charge in [0.05, 0.1) is 0 Å². The molecule has 0 aliphatic heterocycles. The summed E-state index contributed by atoms with van der Waals surface area (Å²) in [5.41, 5.74) is 0.270. The minimum atomic E-state index is -0.577. The number of aliphatic hydroxyl groups is 1. The van der Waals surface area contributed by atoms with Gasteiger partial charge in [-0.05, 0) is 31.9 Å². The average molecular weight is 242 g/mol. The minimum Gasteiger partial charge on any atom is -0.396 e. The van der Waals surface area contributed by atoms with Gasteiger partial charge < -0.3 is 5.11 Å². The van der Waals surface area contributed by atoms with Gasteiger partial charge >= 0.3 is 0 Å². The monoisotopic (exact) mass is 241 g/mol. The zero-order chi connectivity index (χ0) is 12.2. The SMILES string of the molecule is CC(C)(C(=O)CCCO)c1ccc(Cl)nc1. The van der Waals surface area contributed by atoms with Gasteiger partial charge in [-0.1, -0.05) is 17.7 Å². The van der Waals surface area contributed by atoms with E-state index in [-0.39, 0.29) is 12.4 Å². The second-order valence-corrected chi connectivity index (χ2v) is 4.63. The molecule has 0 radical (unpaired) electrons. The number of hydrogen-bond donors (Lipinski definition) is 1. The van der Waals surface area contributed by atoms with Crippen LogP contribution < -0.4 is 0 Å².